The summed E-state index contributed by atoms with van der Waals surface area (Å²) in [5.74, 6) is 2.90. The molecule has 0 fully saturated rings. The Morgan fingerprint density at radius 3 is 1.69 bits per heavy atom. The molecule has 2 N–H and O–H groups in total. The molecule has 0 spiro atoms. The lowest BCUT2D eigenvalue weighted by Gasteiger charge is -2.14. The standard InChI is InChI=1S/C10H14O3S.C9H12O3.CH2Cl2/c1-6-5-7(11)10(14-4)9(13-3)8(6)12-2;1-6-4-7(10)5-8(11-2)9(6)12-3;2-1-3/h5,11H,1-4H3;4-5,10H,1-3H3;1H2. The Morgan fingerprint density at radius 2 is 1.28 bits per heavy atom. The molecule has 6 nitrogen and oxygen atoms in total. The zero-order valence-electron chi connectivity index (χ0n) is 17.6. The van der Waals surface area contributed by atoms with Crippen molar-refractivity contribution in [2.75, 3.05) is 40.0 Å². The molecule has 164 valence electrons. The molecule has 9 heteroatoms. The highest BCUT2D eigenvalue weighted by Crippen LogP contribution is 2.44. The molecule has 0 aliphatic carbocycles. The van der Waals surface area contributed by atoms with Gasteiger partial charge < -0.3 is 29.2 Å². The van der Waals surface area contributed by atoms with E-state index in [1.165, 1.54) is 24.9 Å². The summed E-state index contributed by atoms with van der Waals surface area (Å²) < 4.78 is 20.5. The number of phenolic OH excluding ortho intramolecular Hbond substituents is 2. The lowest BCUT2D eigenvalue weighted by atomic mass is 10.2. The van der Waals surface area contributed by atoms with Crippen LogP contribution in [-0.4, -0.2) is 50.2 Å². The zero-order chi connectivity index (χ0) is 22.6. The Hall–Kier alpha value is -1.83. The van der Waals surface area contributed by atoms with E-state index in [4.69, 9.17) is 42.1 Å². The van der Waals surface area contributed by atoms with Gasteiger partial charge in [0.1, 0.15) is 11.5 Å². The van der Waals surface area contributed by atoms with E-state index in [0.717, 1.165) is 11.1 Å². The summed E-state index contributed by atoms with van der Waals surface area (Å²) in [6.45, 7) is 3.71. The Balaban J connectivity index is 0.000000481. The predicted molar refractivity (Wildman–Crippen MR) is 120 cm³/mol. The zero-order valence-corrected chi connectivity index (χ0v) is 20.0. The molecule has 0 unspecified atom stereocenters. The number of methoxy groups -OCH3 is 4. The van der Waals surface area contributed by atoms with Crippen LogP contribution in [0.25, 0.3) is 0 Å². The molecule has 2 aromatic rings. The fraction of sp³-hybridized carbons (Fsp3) is 0.400. The number of alkyl halides is 2. The van der Waals surface area contributed by atoms with E-state index in [-0.39, 0.29) is 16.8 Å². The summed E-state index contributed by atoms with van der Waals surface area (Å²) in [5.41, 5.74) is 1.72. The van der Waals surface area contributed by atoms with Crippen LogP contribution >= 0.6 is 35.0 Å². The summed E-state index contributed by atoms with van der Waals surface area (Å²) in [5, 5.41) is 19.1. The van der Waals surface area contributed by atoms with E-state index in [2.05, 4.69) is 0 Å². The fourth-order valence-corrected chi connectivity index (χ4v) is 3.14. The predicted octanol–water partition coefficient (Wildman–Crippen LogP) is 5.58. The van der Waals surface area contributed by atoms with Gasteiger partial charge in [0.05, 0.1) is 38.7 Å². The first kappa shape index (κ1) is 27.2. The van der Waals surface area contributed by atoms with Crippen LogP contribution in [0.1, 0.15) is 11.1 Å². The first-order valence-corrected chi connectivity index (χ1v) is 10.6. The number of benzene rings is 2. The number of aryl methyl sites for hydroxylation is 2. The second kappa shape index (κ2) is 14.2. The molecule has 0 aromatic heterocycles. The summed E-state index contributed by atoms with van der Waals surface area (Å²) in [6, 6.07) is 4.82. The highest BCUT2D eigenvalue weighted by molar-refractivity contribution is 7.98. The molecule has 2 rings (SSSR count). The first-order valence-electron chi connectivity index (χ1n) is 8.28. The molecule has 0 heterocycles. The van der Waals surface area contributed by atoms with E-state index in [9.17, 15) is 10.2 Å². The van der Waals surface area contributed by atoms with Crippen molar-refractivity contribution >= 4 is 35.0 Å². The van der Waals surface area contributed by atoms with Gasteiger partial charge in [-0.05, 0) is 43.4 Å². The van der Waals surface area contributed by atoms with Crippen LogP contribution in [0.2, 0.25) is 0 Å². The molecule has 0 aliphatic heterocycles. The van der Waals surface area contributed by atoms with Gasteiger partial charge >= 0.3 is 0 Å². The number of aromatic hydroxyl groups is 2. The smallest absolute Gasteiger partial charge is 0.178 e. The highest BCUT2D eigenvalue weighted by Gasteiger charge is 2.16. The molecule has 0 aliphatic rings. The second-order valence-electron chi connectivity index (χ2n) is 5.41. The molecule has 0 atom stereocenters. The van der Waals surface area contributed by atoms with Gasteiger partial charge in [-0.1, -0.05) is 0 Å². The molecule has 0 saturated heterocycles. The van der Waals surface area contributed by atoms with Gasteiger partial charge in [-0.2, -0.15) is 0 Å². The van der Waals surface area contributed by atoms with Crippen molar-refractivity contribution in [3.8, 4) is 34.5 Å². The SMILES string of the molecule is COc1c(C)cc(O)c(SC)c1OC.COc1cc(O)cc(C)c1OC.ClCCl. The van der Waals surface area contributed by atoms with Crippen molar-refractivity contribution in [2.45, 2.75) is 18.7 Å². The quantitative estimate of drug-likeness (QED) is 0.439. The van der Waals surface area contributed by atoms with E-state index >= 15 is 0 Å². The van der Waals surface area contributed by atoms with E-state index in [1.54, 1.807) is 33.5 Å². The van der Waals surface area contributed by atoms with Crippen LogP contribution in [0.5, 0.6) is 34.5 Å². The number of rotatable bonds is 5. The maximum absolute atomic E-state index is 9.67. The Kier molecular flexibility index (Phi) is 13.3. The molecule has 0 radical (unpaired) electrons. The minimum absolute atomic E-state index is 0.185. The van der Waals surface area contributed by atoms with E-state index in [0.29, 0.717) is 27.9 Å². The van der Waals surface area contributed by atoms with Gasteiger partial charge in [0.2, 0.25) is 0 Å². The molecule has 2 aromatic carbocycles. The molecule has 29 heavy (non-hydrogen) atoms. The maximum Gasteiger partial charge on any atom is 0.178 e. The van der Waals surface area contributed by atoms with Crippen LogP contribution < -0.4 is 18.9 Å². The lowest BCUT2D eigenvalue weighted by molar-refractivity contribution is 0.339. The van der Waals surface area contributed by atoms with Crippen LogP contribution in [0, 0.1) is 13.8 Å². The van der Waals surface area contributed by atoms with Gasteiger partial charge in [-0.15, -0.1) is 35.0 Å². The topological polar surface area (TPSA) is 77.4 Å². The minimum Gasteiger partial charge on any atom is -0.508 e. The van der Waals surface area contributed by atoms with Gasteiger partial charge in [-0.3, -0.25) is 0 Å². The van der Waals surface area contributed by atoms with Crippen LogP contribution in [0.3, 0.4) is 0 Å². The highest BCUT2D eigenvalue weighted by atomic mass is 35.5. The third-order valence-corrected chi connectivity index (χ3v) is 4.42. The number of hydrogen-bond donors (Lipinski definition) is 2. The van der Waals surface area contributed by atoms with Crippen molar-refractivity contribution in [3.63, 3.8) is 0 Å². The average Bonchev–Trinajstić information content (AvgIpc) is 2.67. The fourth-order valence-electron chi connectivity index (χ4n) is 2.51. The monoisotopic (exact) mass is 466 g/mol. The summed E-state index contributed by atoms with van der Waals surface area (Å²) in [4.78, 5) is 0.704. The van der Waals surface area contributed by atoms with E-state index in [1.807, 2.05) is 20.1 Å². The van der Waals surface area contributed by atoms with Gasteiger partial charge in [0.25, 0.3) is 0 Å². The normalized spacial score (nSPS) is 9.41. The van der Waals surface area contributed by atoms with Crippen LogP contribution in [0.15, 0.2) is 23.1 Å². The summed E-state index contributed by atoms with van der Waals surface area (Å²) in [7, 11) is 6.26. The summed E-state index contributed by atoms with van der Waals surface area (Å²) >= 11 is 11.0. The van der Waals surface area contributed by atoms with Gasteiger partial charge in [0, 0.05) is 6.07 Å². The van der Waals surface area contributed by atoms with Crippen molar-refractivity contribution in [1.82, 2.24) is 0 Å². The molecular formula is C20H28Cl2O6S. The summed E-state index contributed by atoms with van der Waals surface area (Å²) in [6.07, 6.45) is 1.88. The maximum atomic E-state index is 9.67. The first-order chi connectivity index (χ1) is 13.7. The number of ether oxygens (including phenoxy) is 4. The number of halogens is 2. The van der Waals surface area contributed by atoms with Crippen molar-refractivity contribution < 1.29 is 29.2 Å². The van der Waals surface area contributed by atoms with Gasteiger partial charge in [-0.25, -0.2) is 0 Å². The largest absolute Gasteiger partial charge is 0.508 e. The van der Waals surface area contributed by atoms with Crippen molar-refractivity contribution in [3.05, 3.63) is 29.3 Å². The number of phenols is 2. The number of hydrogen-bond acceptors (Lipinski definition) is 7. The Bertz CT molecular complexity index is 743. The van der Waals surface area contributed by atoms with Crippen molar-refractivity contribution in [2.24, 2.45) is 0 Å². The Labute approximate surface area is 186 Å². The van der Waals surface area contributed by atoms with Crippen molar-refractivity contribution in [1.29, 1.82) is 0 Å². The van der Waals surface area contributed by atoms with Crippen LogP contribution in [-0.2, 0) is 0 Å². The van der Waals surface area contributed by atoms with Gasteiger partial charge in [0.15, 0.2) is 23.0 Å². The molecule has 0 bridgehead atoms. The Morgan fingerprint density at radius 1 is 0.793 bits per heavy atom. The third-order valence-electron chi connectivity index (χ3n) is 3.62. The third kappa shape index (κ3) is 7.84. The average molecular weight is 467 g/mol. The molecule has 0 saturated carbocycles. The lowest BCUT2D eigenvalue weighted by Crippen LogP contribution is -1.95. The molecular weight excluding hydrogens is 439 g/mol. The van der Waals surface area contributed by atoms with E-state index < -0.39 is 0 Å². The van der Waals surface area contributed by atoms with Crippen LogP contribution in [0.4, 0.5) is 0 Å². The minimum atomic E-state index is 0.185. The number of thioether (sulfide) groups is 1. The molecule has 0 amide bonds. The second-order valence-corrected chi connectivity index (χ2v) is 7.04.